The summed E-state index contributed by atoms with van der Waals surface area (Å²) in [5, 5.41) is 21.4. The van der Waals surface area contributed by atoms with Crippen LogP contribution in [-0.4, -0.2) is 87.0 Å². The lowest BCUT2D eigenvalue weighted by molar-refractivity contribution is 0.0600. The molecule has 2 saturated heterocycles. The van der Waals surface area contributed by atoms with E-state index < -0.39 is 5.97 Å². The van der Waals surface area contributed by atoms with Crippen molar-refractivity contribution in [1.82, 2.24) is 34.8 Å². The van der Waals surface area contributed by atoms with Gasteiger partial charge in [-0.3, -0.25) is 4.79 Å². The highest BCUT2D eigenvalue weighted by Gasteiger charge is 2.23. The minimum atomic E-state index is -0.478. The summed E-state index contributed by atoms with van der Waals surface area (Å²) in [6.07, 6.45) is 9.23. The first-order chi connectivity index (χ1) is 27.3. The Morgan fingerprint density at radius 1 is 0.786 bits per heavy atom. The summed E-state index contributed by atoms with van der Waals surface area (Å²) < 4.78 is 19.6. The van der Waals surface area contributed by atoms with Gasteiger partial charge in [0.05, 0.1) is 47.2 Å². The molecule has 1 aromatic carbocycles. The average molecular weight is 769 g/mol. The molecule has 2 fully saturated rings. The number of hydrogen-bond donors (Lipinski definition) is 4. The fraction of sp³-hybridized carbons (Fsp3) is 0.512. The van der Waals surface area contributed by atoms with E-state index in [0.717, 1.165) is 134 Å². The van der Waals surface area contributed by atoms with Crippen LogP contribution in [0.15, 0.2) is 36.7 Å². The van der Waals surface area contributed by atoms with Gasteiger partial charge in [0, 0.05) is 92.8 Å². The smallest absolute Gasteiger partial charge is 0.337 e. The predicted octanol–water partition coefficient (Wildman–Crippen LogP) is 5.38. The Labute approximate surface area is 328 Å². The Morgan fingerprint density at radius 2 is 1.29 bits per heavy atom. The van der Waals surface area contributed by atoms with Gasteiger partial charge >= 0.3 is 5.97 Å². The maximum absolute atomic E-state index is 13.0. The highest BCUT2D eigenvalue weighted by molar-refractivity contribution is 5.98. The number of esters is 1. The molecule has 4 aromatic heterocycles. The van der Waals surface area contributed by atoms with Crippen LogP contribution in [0.4, 0.5) is 11.4 Å². The monoisotopic (exact) mass is 768 g/mol. The Morgan fingerprint density at radius 3 is 1.77 bits per heavy atom. The molecule has 15 nitrogen and oxygen atoms in total. The first-order valence-electron chi connectivity index (χ1n) is 19.9. The number of carbonyl (C=O) groups is 2. The lowest BCUT2D eigenvalue weighted by atomic mass is 10.0. The van der Waals surface area contributed by atoms with Crippen LogP contribution in [0.5, 0.6) is 0 Å². The highest BCUT2D eigenvalue weighted by Crippen LogP contribution is 2.32. The number of pyridine rings is 2. The number of nitrogens with two attached hydrogens (primary N) is 1. The van der Waals surface area contributed by atoms with Crippen LogP contribution < -0.4 is 21.7 Å². The van der Waals surface area contributed by atoms with E-state index in [4.69, 9.17) is 29.9 Å². The van der Waals surface area contributed by atoms with Crippen molar-refractivity contribution in [3.63, 3.8) is 0 Å². The van der Waals surface area contributed by atoms with Crippen LogP contribution in [0.2, 0.25) is 0 Å². The van der Waals surface area contributed by atoms with Crippen LogP contribution in [0, 0.1) is 0 Å². The lowest BCUT2D eigenvalue weighted by Crippen LogP contribution is -2.30. The van der Waals surface area contributed by atoms with Gasteiger partial charge in [0.15, 0.2) is 11.3 Å². The fourth-order valence-electron chi connectivity index (χ4n) is 7.41. The van der Waals surface area contributed by atoms with Crippen LogP contribution >= 0.6 is 0 Å². The minimum Gasteiger partial charge on any atom is -0.465 e. The first-order valence-corrected chi connectivity index (χ1v) is 19.9. The largest absolute Gasteiger partial charge is 0.465 e. The molecule has 0 saturated carbocycles. The first kappa shape index (κ1) is 40.5. The van der Waals surface area contributed by atoms with Gasteiger partial charge in [0.2, 0.25) is 0 Å². The van der Waals surface area contributed by atoms with Gasteiger partial charge in [-0.1, -0.05) is 19.9 Å². The molecule has 5 N–H and O–H groups in total. The maximum Gasteiger partial charge on any atom is 0.337 e. The quantitative estimate of drug-likeness (QED) is 0.112. The number of hydrogen-bond acceptors (Lipinski definition) is 12. The number of nitrogens with one attached hydrogen (secondary N) is 3. The highest BCUT2D eigenvalue weighted by atomic mass is 16.5. The third-order valence-electron chi connectivity index (χ3n) is 10.5. The normalized spacial score (nSPS) is 15.0. The molecule has 2 aliphatic rings. The van der Waals surface area contributed by atoms with Crippen LogP contribution in [0.1, 0.15) is 96.6 Å². The van der Waals surface area contributed by atoms with Gasteiger partial charge in [0.25, 0.3) is 5.91 Å². The van der Waals surface area contributed by atoms with Crippen molar-refractivity contribution >= 4 is 45.3 Å². The van der Waals surface area contributed by atoms with Crippen LogP contribution in [-0.2, 0) is 53.2 Å². The van der Waals surface area contributed by atoms with E-state index in [0.29, 0.717) is 30.3 Å². The van der Waals surface area contributed by atoms with Gasteiger partial charge in [-0.15, -0.1) is 0 Å². The molecule has 0 radical (unpaired) electrons. The van der Waals surface area contributed by atoms with Gasteiger partial charge in [-0.2, -0.15) is 10.2 Å². The van der Waals surface area contributed by atoms with E-state index in [2.05, 4.69) is 46.9 Å². The number of rotatable bonds is 13. The Bertz CT molecular complexity index is 2120. The summed E-state index contributed by atoms with van der Waals surface area (Å²) in [7, 11) is 1.32. The number of anilines is 2. The third kappa shape index (κ3) is 8.95. The van der Waals surface area contributed by atoms with Crippen LogP contribution in [0.3, 0.4) is 0 Å². The Kier molecular flexibility index (Phi) is 13.9. The second-order valence-electron chi connectivity index (χ2n) is 13.9. The molecule has 7 rings (SSSR count). The molecular weight excluding hydrogens is 713 g/mol. The number of ether oxygens (including phenoxy) is 3. The second kappa shape index (κ2) is 19.2. The Hall–Kier alpha value is -5.12. The molecule has 15 heteroatoms. The average Bonchev–Trinajstić information content (AvgIpc) is 3.87. The standard InChI is InChI=1S/C25H31N5O4.C16H25N5O/c1-4-21-19(14-26-24(31)16-7-6-8-17(13-16)25(32)33-3)22(28-18-9-11-34-12-10-18)20-15-27-30(5-2)23(20)29-21;1-3-14-12(9-17)15(19-11-5-7-22-8-6-11)13-10-18-21(4-2)16(13)20-14/h6-8,13,15,18H,4-5,9-12,14H2,1-3H3,(H,26,31)(H,28,29);10-11H,3-9,17H2,1-2H3,(H,19,20). The van der Waals surface area contributed by atoms with E-state index in [1.807, 2.05) is 28.7 Å². The number of nitrogens with zero attached hydrogens (tertiary/aromatic N) is 6. The summed E-state index contributed by atoms with van der Waals surface area (Å²) in [6.45, 7) is 13.7. The molecule has 0 unspecified atom stereocenters. The number of amides is 1. The van der Waals surface area contributed by atoms with E-state index in [1.165, 1.54) is 13.2 Å². The topological polar surface area (TPSA) is 185 Å². The molecule has 0 atom stereocenters. The van der Waals surface area contributed by atoms with E-state index in [9.17, 15) is 9.59 Å². The zero-order chi connectivity index (χ0) is 39.6. The SMILES string of the molecule is CCc1nc2c(cnn2CC)c(NC2CCOCC2)c1CN.CCc1nc2c(cnn2CC)c(NC2CCOCC2)c1CNC(=O)c1cccc(C(=O)OC)c1. The summed E-state index contributed by atoms with van der Waals surface area (Å²) in [5.74, 6) is -0.748. The molecule has 0 bridgehead atoms. The van der Waals surface area contributed by atoms with Gasteiger partial charge in [-0.05, 0) is 70.6 Å². The summed E-state index contributed by atoms with van der Waals surface area (Å²) in [6, 6.07) is 7.21. The molecule has 300 valence electrons. The number of aryl methyl sites for hydroxylation is 4. The van der Waals surface area contributed by atoms with Gasteiger partial charge in [-0.25, -0.2) is 24.1 Å². The number of aromatic nitrogens is 6. The van der Waals surface area contributed by atoms with E-state index in [1.54, 1.807) is 18.2 Å². The zero-order valence-electron chi connectivity index (χ0n) is 33.3. The molecular formula is C41H56N10O5. The molecule has 5 aromatic rings. The number of methoxy groups -OCH3 is 1. The van der Waals surface area contributed by atoms with Crippen molar-refractivity contribution in [3.8, 4) is 0 Å². The molecule has 6 heterocycles. The van der Waals surface area contributed by atoms with Crippen molar-refractivity contribution in [2.24, 2.45) is 5.73 Å². The number of fused-ring (bicyclic) bond motifs is 2. The van der Waals surface area contributed by atoms with Gasteiger partial charge in [0.1, 0.15) is 0 Å². The molecule has 0 spiro atoms. The van der Waals surface area contributed by atoms with Crippen molar-refractivity contribution < 1.29 is 23.8 Å². The summed E-state index contributed by atoms with van der Waals surface area (Å²) in [4.78, 5) is 34.5. The van der Waals surface area contributed by atoms with Crippen molar-refractivity contribution in [1.29, 1.82) is 0 Å². The van der Waals surface area contributed by atoms with Crippen molar-refractivity contribution in [2.45, 2.75) is 104 Å². The third-order valence-corrected chi connectivity index (χ3v) is 10.5. The minimum absolute atomic E-state index is 0.269. The molecule has 0 aliphatic carbocycles. The summed E-state index contributed by atoms with van der Waals surface area (Å²) >= 11 is 0. The van der Waals surface area contributed by atoms with Crippen molar-refractivity contribution in [3.05, 3.63) is 70.3 Å². The number of carbonyl (C=O) groups excluding carboxylic acids is 2. The second-order valence-corrected chi connectivity index (χ2v) is 13.9. The number of benzene rings is 1. The predicted molar refractivity (Wildman–Crippen MR) is 217 cm³/mol. The molecule has 2 aliphatic heterocycles. The van der Waals surface area contributed by atoms with Crippen LogP contribution in [0.25, 0.3) is 22.1 Å². The Balaban J connectivity index is 0.000000208. The fourth-order valence-corrected chi connectivity index (χ4v) is 7.41. The molecule has 56 heavy (non-hydrogen) atoms. The van der Waals surface area contributed by atoms with E-state index in [-0.39, 0.29) is 11.9 Å². The van der Waals surface area contributed by atoms with Crippen molar-refractivity contribution in [2.75, 3.05) is 44.2 Å². The van der Waals surface area contributed by atoms with E-state index >= 15 is 0 Å². The maximum atomic E-state index is 13.0. The zero-order valence-corrected chi connectivity index (χ0v) is 33.3. The lowest BCUT2D eigenvalue weighted by Gasteiger charge is -2.26. The van der Waals surface area contributed by atoms with Gasteiger partial charge < -0.3 is 35.9 Å². The summed E-state index contributed by atoms with van der Waals surface area (Å²) in [5.41, 5.74) is 14.7. The molecule has 1 amide bonds.